The number of benzene rings is 2. The Kier molecular flexibility index (Phi) is 7.46. The van der Waals surface area contributed by atoms with Crippen molar-refractivity contribution in [1.29, 1.82) is 0 Å². The summed E-state index contributed by atoms with van der Waals surface area (Å²) in [5.41, 5.74) is 7.07. The first-order chi connectivity index (χ1) is 10.6. The van der Waals surface area contributed by atoms with Crippen LogP contribution in [0.3, 0.4) is 0 Å². The first-order valence-corrected chi connectivity index (χ1v) is 9.42. The van der Waals surface area contributed by atoms with Crippen LogP contribution in [0.4, 0.5) is 0 Å². The predicted octanol–water partition coefficient (Wildman–Crippen LogP) is 5.33. The second-order valence-corrected chi connectivity index (χ2v) is 7.51. The van der Waals surface area contributed by atoms with Gasteiger partial charge in [0.05, 0.1) is 11.6 Å². The SMILES string of the molecule is NC(=NCc1ccccc1)SCCSc1cc(Cl)ccc1Cl. The minimum atomic E-state index is 0.613. The highest BCUT2D eigenvalue weighted by Gasteiger charge is 2.03. The molecule has 116 valence electrons. The zero-order valence-corrected chi connectivity index (χ0v) is 15.0. The fraction of sp³-hybridized carbons (Fsp3) is 0.188. The number of halogens is 2. The van der Waals surface area contributed by atoms with Gasteiger partial charge in [0.15, 0.2) is 5.17 Å². The quantitative estimate of drug-likeness (QED) is 0.323. The van der Waals surface area contributed by atoms with Crippen LogP contribution in [0.1, 0.15) is 5.56 Å². The number of thioether (sulfide) groups is 2. The second-order valence-electron chi connectivity index (χ2n) is 4.41. The molecule has 2 nitrogen and oxygen atoms in total. The zero-order chi connectivity index (χ0) is 15.8. The van der Waals surface area contributed by atoms with E-state index in [1.54, 1.807) is 29.6 Å². The highest BCUT2D eigenvalue weighted by atomic mass is 35.5. The van der Waals surface area contributed by atoms with Crippen LogP contribution in [0.25, 0.3) is 0 Å². The van der Waals surface area contributed by atoms with E-state index in [1.807, 2.05) is 42.5 Å². The number of amidine groups is 1. The fourth-order valence-electron chi connectivity index (χ4n) is 1.68. The van der Waals surface area contributed by atoms with Crippen molar-refractivity contribution in [2.75, 3.05) is 11.5 Å². The molecule has 0 aliphatic carbocycles. The number of hydrogen-bond acceptors (Lipinski definition) is 3. The Morgan fingerprint density at radius 1 is 1.05 bits per heavy atom. The molecule has 0 unspecified atom stereocenters. The molecule has 0 aliphatic heterocycles. The van der Waals surface area contributed by atoms with E-state index in [9.17, 15) is 0 Å². The Morgan fingerprint density at radius 2 is 1.82 bits per heavy atom. The summed E-state index contributed by atoms with van der Waals surface area (Å²) < 4.78 is 0. The van der Waals surface area contributed by atoms with Crippen molar-refractivity contribution < 1.29 is 0 Å². The summed E-state index contributed by atoms with van der Waals surface area (Å²) >= 11 is 15.3. The van der Waals surface area contributed by atoms with E-state index < -0.39 is 0 Å². The molecular formula is C16H16Cl2N2S2. The van der Waals surface area contributed by atoms with E-state index in [-0.39, 0.29) is 0 Å². The van der Waals surface area contributed by atoms with Crippen LogP contribution in [0, 0.1) is 0 Å². The van der Waals surface area contributed by atoms with Crippen LogP contribution in [0.15, 0.2) is 58.4 Å². The molecule has 2 N–H and O–H groups in total. The summed E-state index contributed by atoms with van der Waals surface area (Å²) in [6, 6.07) is 15.6. The number of rotatable bonds is 6. The molecule has 0 spiro atoms. The van der Waals surface area contributed by atoms with Crippen molar-refractivity contribution >= 4 is 51.9 Å². The predicted molar refractivity (Wildman–Crippen MR) is 101 cm³/mol. The van der Waals surface area contributed by atoms with Gasteiger partial charge in [0.25, 0.3) is 0 Å². The van der Waals surface area contributed by atoms with Crippen molar-refractivity contribution in [1.82, 2.24) is 0 Å². The molecule has 0 heterocycles. The minimum absolute atomic E-state index is 0.613. The van der Waals surface area contributed by atoms with Gasteiger partial charge in [-0.3, -0.25) is 4.99 Å². The summed E-state index contributed by atoms with van der Waals surface area (Å²) in [7, 11) is 0. The van der Waals surface area contributed by atoms with Crippen molar-refractivity contribution in [2.24, 2.45) is 10.7 Å². The van der Waals surface area contributed by atoms with Crippen LogP contribution in [0.2, 0.25) is 10.0 Å². The molecule has 0 aromatic heterocycles. The molecule has 0 amide bonds. The van der Waals surface area contributed by atoms with Crippen LogP contribution < -0.4 is 5.73 Å². The van der Waals surface area contributed by atoms with E-state index >= 15 is 0 Å². The number of hydrogen-bond donors (Lipinski definition) is 1. The number of nitrogens with zero attached hydrogens (tertiary/aromatic N) is 1. The molecule has 2 rings (SSSR count). The maximum absolute atomic E-state index is 6.12. The standard InChI is InChI=1S/C16H16Cl2N2S2/c17-13-6-7-14(18)15(10-13)21-8-9-22-16(19)20-11-12-4-2-1-3-5-12/h1-7,10H,8-9,11H2,(H2,19,20). The largest absolute Gasteiger partial charge is 0.379 e. The van der Waals surface area contributed by atoms with E-state index in [2.05, 4.69) is 4.99 Å². The lowest BCUT2D eigenvalue weighted by atomic mass is 10.2. The Morgan fingerprint density at radius 3 is 2.59 bits per heavy atom. The topological polar surface area (TPSA) is 38.4 Å². The Hall–Kier alpha value is -0.810. The van der Waals surface area contributed by atoms with Crippen molar-refractivity contribution in [2.45, 2.75) is 11.4 Å². The average molecular weight is 371 g/mol. The molecule has 2 aromatic carbocycles. The molecule has 0 aliphatic rings. The smallest absolute Gasteiger partial charge is 0.154 e. The van der Waals surface area contributed by atoms with Crippen LogP contribution in [-0.2, 0) is 6.54 Å². The van der Waals surface area contributed by atoms with E-state index in [1.165, 1.54) is 0 Å². The monoisotopic (exact) mass is 370 g/mol. The summed E-state index contributed by atoms with van der Waals surface area (Å²) in [4.78, 5) is 5.37. The molecular weight excluding hydrogens is 355 g/mol. The second kappa shape index (κ2) is 9.36. The summed E-state index contributed by atoms with van der Waals surface area (Å²) in [5, 5.41) is 2.04. The van der Waals surface area contributed by atoms with Crippen LogP contribution in [-0.4, -0.2) is 16.7 Å². The average Bonchev–Trinajstić information content (AvgIpc) is 2.53. The Balaban J connectivity index is 1.73. The van der Waals surface area contributed by atoms with Crippen LogP contribution >= 0.6 is 46.7 Å². The molecule has 0 saturated heterocycles. The highest BCUT2D eigenvalue weighted by molar-refractivity contribution is 8.14. The third kappa shape index (κ3) is 6.13. The van der Waals surface area contributed by atoms with Gasteiger partial charge in [-0.05, 0) is 23.8 Å². The van der Waals surface area contributed by atoms with Gasteiger partial charge in [0.2, 0.25) is 0 Å². The molecule has 0 bridgehead atoms. The Bertz CT molecular complexity index is 633. The van der Waals surface area contributed by atoms with Gasteiger partial charge in [0.1, 0.15) is 0 Å². The zero-order valence-electron chi connectivity index (χ0n) is 11.8. The van der Waals surface area contributed by atoms with Gasteiger partial charge in [-0.2, -0.15) is 0 Å². The maximum atomic E-state index is 6.12. The first kappa shape index (κ1) is 17.5. The number of nitrogens with two attached hydrogens (primary N) is 1. The summed E-state index contributed by atoms with van der Waals surface area (Å²) in [6.45, 7) is 0.618. The van der Waals surface area contributed by atoms with Gasteiger partial charge < -0.3 is 5.73 Å². The maximum Gasteiger partial charge on any atom is 0.154 e. The normalized spacial score (nSPS) is 11.6. The lowest BCUT2D eigenvalue weighted by molar-refractivity contribution is 1.07. The molecule has 22 heavy (non-hydrogen) atoms. The van der Waals surface area contributed by atoms with Gasteiger partial charge in [-0.1, -0.05) is 65.3 Å². The fourth-order valence-corrected chi connectivity index (χ4v) is 3.87. The van der Waals surface area contributed by atoms with Gasteiger partial charge in [0, 0.05) is 21.4 Å². The van der Waals surface area contributed by atoms with Gasteiger partial charge >= 0.3 is 0 Å². The van der Waals surface area contributed by atoms with Gasteiger partial charge in [-0.25, -0.2) is 0 Å². The van der Waals surface area contributed by atoms with Crippen molar-refractivity contribution in [3.8, 4) is 0 Å². The third-order valence-electron chi connectivity index (χ3n) is 2.74. The molecule has 0 radical (unpaired) electrons. The molecule has 0 fully saturated rings. The van der Waals surface area contributed by atoms with E-state index in [0.717, 1.165) is 27.0 Å². The van der Waals surface area contributed by atoms with Crippen LogP contribution in [0.5, 0.6) is 0 Å². The summed E-state index contributed by atoms with van der Waals surface area (Å²) in [6.07, 6.45) is 0. The highest BCUT2D eigenvalue weighted by Crippen LogP contribution is 2.30. The number of aliphatic imine (C=N–C) groups is 1. The van der Waals surface area contributed by atoms with E-state index in [4.69, 9.17) is 28.9 Å². The Labute approximate surface area is 149 Å². The molecule has 6 heteroatoms. The van der Waals surface area contributed by atoms with Crippen molar-refractivity contribution in [3.05, 3.63) is 64.1 Å². The van der Waals surface area contributed by atoms with Crippen molar-refractivity contribution in [3.63, 3.8) is 0 Å². The minimum Gasteiger partial charge on any atom is -0.379 e. The lowest BCUT2D eigenvalue weighted by Crippen LogP contribution is -2.08. The molecule has 0 saturated carbocycles. The molecule has 0 atom stereocenters. The van der Waals surface area contributed by atoms with Gasteiger partial charge in [-0.15, -0.1) is 11.8 Å². The lowest BCUT2D eigenvalue weighted by Gasteiger charge is -2.05. The third-order valence-corrected chi connectivity index (χ3v) is 5.57. The molecule has 2 aromatic rings. The van der Waals surface area contributed by atoms with E-state index in [0.29, 0.717) is 16.7 Å². The first-order valence-electron chi connectivity index (χ1n) is 6.69. The summed E-state index contributed by atoms with van der Waals surface area (Å²) in [5.74, 6) is 1.77.